The molecule has 1 fully saturated rings. The van der Waals surface area contributed by atoms with Gasteiger partial charge in [0.25, 0.3) is 0 Å². The Morgan fingerprint density at radius 1 is 1.24 bits per heavy atom. The molecule has 1 aromatic carbocycles. The summed E-state index contributed by atoms with van der Waals surface area (Å²) in [6, 6.07) is 9.67. The monoisotopic (exact) mass is 360 g/mol. The highest BCUT2D eigenvalue weighted by molar-refractivity contribution is 7.91. The zero-order chi connectivity index (χ0) is 17.6. The molecule has 0 spiro atoms. The Morgan fingerprint density at radius 2 is 2.00 bits per heavy atom. The van der Waals surface area contributed by atoms with Gasteiger partial charge in [0.1, 0.15) is 11.5 Å². The Balaban J connectivity index is 1.36. The van der Waals surface area contributed by atoms with E-state index in [1.807, 2.05) is 12.1 Å². The van der Waals surface area contributed by atoms with E-state index in [9.17, 15) is 13.2 Å². The van der Waals surface area contributed by atoms with E-state index in [1.165, 1.54) is 0 Å². The van der Waals surface area contributed by atoms with E-state index in [0.29, 0.717) is 28.1 Å². The molecule has 2 N–H and O–H groups in total. The first kappa shape index (κ1) is 16.2. The van der Waals surface area contributed by atoms with Crippen molar-refractivity contribution in [3.63, 3.8) is 0 Å². The highest BCUT2D eigenvalue weighted by Crippen LogP contribution is 2.47. The van der Waals surface area contributed by atoms with Gasteiger partial charge < -0.3 is 15.1 Å². The van der Waals surface area contributed by atoms with Crippen molar-refractivity contribution >= 4 is 15.9 Å². The van der Waals surface area contributed by atoms with Gasteiger partial charge in [-0.25, -0.2) is 13.2 Å². The predicted molar refractivity (Wildman–Crippen MR) is 91.8 cm³/mol. The van der Waals surface area contributed by atoms with Crippen LogP contribution in [0, 0.1) is 5.92 Å². The molecule has 0 saturated heterocycles. The number of urea groups is 1. The topological polar surface area (TPSA) is 88.4 Å². The third kappa shape index (κ3) is 3.16. The predicted octanol–water partition coefficient (Wildman–Crippen LogP) is 2.73. The van der Waals surface area contributed by atoms with E-state index in [-0.39, 0.29) is 12.3 Å². The Bertz CT molecular complexity index is 919. The maximum Gasteiger partial charge on any atom is 0.315 e. The fourth-order valence-electron chi connectivity index (χ4n) is 3.35. The highest BCUT2D eigenvalue weighted by atomic mass is 32.2. The third-order valence-electron chi connectivity index (χ3n) is 4.90. The molecule has 2 aromatic rings. The number of sulfone groups is 1. The molecule has 3 unspecified atom stereocenters. The summed E-state index contributed by atoms with van der Waals surface area (Å²) >= 11 is 0. The number of fused-ring (bicyclic) bond motifs is 1. The van der Waals surface area contributed by atoms with E-state index < -0.39 is 21.9 Å². The van der Waals surface area contributed by atoms with E-state index in [0.717, 1.165) is 12.2 Å². The lowest BCUT2D eigenvalue weighted by Gasteiger charge is -2.13. The quantitative estimate of drug-likeness (QED) is 0.877. The average Bonchev–Trinajstić information content (AvgIpc) is 3.03. The molecule has 2 heterocycles. The molecule has 3 atom stereocenters. The first-order chi connectivity index (χ1) is 11.9. The number of carbonyl (C=O) groups is 1. The summed E-state index contributed by atoms with van der Waals surface area (Å²) in [5.74, 6) is 2.73. The van der Waals surface area contributed by atoms with Crippen molar-refractivity contribution in [2.24, 2.45) is 5.92 Å². The summed E-state index contributed by atoms with van der Waals surface area (Å²) < 4.78 is 30.0. The second-order valence-electron chi connectivity index (χ2n) is 6.82. The molecule has 1 aliphatic heterocycles. The number of hydrogen-bond acceptors (Lipinski definition) is 4. The van der Waals surface area contributed by atoms with Crippen LogP contribution in [0.2, 0.25) is 0 Å². The number of nitrogens with one attached hydrogen (secondary N) is 2. The number of rotatable bonds is 4. The van der Waals surface area contributed by atoms with E-state index in [1.54, 1.807) is 24.3 Å². The van der Waals surface area contributed by atoms with Gasteiger partial charge in [-0.2, -0.15) is 0 Å². The largest absolute Gasteiger partial charge is 0.464 e. The Morgan fingerprint density at radius 3 is 2.76 bits per heavy atom. The third-order valence-corrected chi connectivity index (χ3v) is 6.72. The molecule has 132 valence electrons. The molecular weight excluding hydrogens is 340 g/mol. The van der Waals surface area contributed by atoms with Crippen molar-refractivity contribution in [3.8, 4) is 0 Å². The first-order valence-electron chi connectivity index (χ1n) is 8.39. The SMILES string of the molecule is CC1CC1c1ccc(CNC(=O)NC2CS(=O)(=O)c3ccccc32)o1. The van der Waals surface area contributed by atoms with E-state index in [2.05, 4.69) is 17.6 Å². The van der Waals surface area contributed by atoms with Crippen molar-refractivity contribution in [1.82, 2.24) is 10.6 Å². The van der Waals surface area contributed by atoms with Crippen LogP contribution in [0.15, 0.2) is 45.7 Å². The van der Waals surface area contributed by atoms with Crippen LogP contribution < -0.4 is 10.6 Å². The molecule has 0 radical (unpaired) electrons. The van der Waals surface area contributed by atoms with Crippen molar-refractivity contribution in [2.75, 3.05) is 5.75 Å². The summed E-state index contributed by atoms with van der Waals surface area (Å²) in [6.45, 7) is 2.46. The Kier molecular flexibility index (Phi) is 3.83. The lowest BCUT2D eigenvalue weighted by atomic mass is 10.1. The zero-order valence-corrected chi connectivity index (χ0v) is 14.7. The van der Waals surface area contributed by atoms with Crippen LogP contribution in [0.4, 0.5) is 4.79 Å². The summed E-state index contributed by atoms with van der Waals surface area (Å²) in [5, 5.41) is 5.47. The minimum atomic E-state index is -3.33. The standard InChI is InChI=1S/C18H20N2O4S/c1-11-8-14(11)16-7-6-12(24-16)9-19-18(21)20-15-10-25(22,23)17-5-3-2-4-13(15)17/h2-7,11,14-15H,8-10H2,1H3,(H2,19,20,21). The molecule has 2 amide bonds. The Hall–Kier alpha value is -2.28. The molecule has 2 aliphatic rings. The van der Waals surface area contributed by atoms with Gasteiger partial charge in [-0.3, -0.25) is 0 Å². The van der Waals surface area contributed by atoms with Gasteiger partial charge in [-0.05, 0) is 36.1 Å². The second-order valence-corrected chi connectivity index (χ2v) is 8.83. The molecular formula is C18H20N2O4S. The van der Waals surface area contributed by atoms with Crippen molar-refractivity contribution in [3.05, 3.63) is 53.5 Å². The summed E-state index contributed by atoms with van der Waals surface area (Å²) in [6.07, 6.45) is 1.15. The first-order valence-corrected chi connectivity index (χ1v) is 10.0. The molecule has 25 heavy (non-hydrogen) atoms. The maximum absolute atomic E-state index is 12.1. The van der Waals surface area contributed by atoms with E-state index in [4.69, 9.17) is 4.42 Å². The number of benzene rings is 1. The van der Waals surface area contributed by atoms with Crippen molar-refractivity contribution in [1.29, 1.82) is 0 Å². The van der Waals surface area contributed by atoms with Crippen LogP contribution >= 0.6 is 0 Å². The lowest BCUT2D eigenvalue weighted by Crippen LogP contribution is -2.38. The van der Waals surface area contributed by atoms with Crippen LogP contribution in [0.5, 0.6) is 0 Å². The second kappa shape index (κ2) is 5.91. The van der Waals surface area contributed by atoms with Crippen LogP contribution in [0.1, 0.15) is 42.4 Å². The van der Waals surface area contributed by atoms with Crippen LogP contribution in [0.3, 0.4) is 0 Å². The highest BCUT2D eigenvalue weighted by Gasteiger charge is 2.37. The summed E-state index contributed by atoms with van der Waals surface area (Å²) in [4.78, 5) is 12.4. The van der Waals surface area contributed by atoms with Crippen LogP contribution in [0.25, 0.3) is 0 Å². The molecule has 1 saturated carbocycles. The molecule has 7 heteroatoms. The van der Waals surface area contributed by atoms with Crippen LogP contribution in [-0.2, 0) is 16.4 Å². The minimum absolute atomic E-state index is 0.107. The molecule has 0 bridgehead atoms. The molecule has 1 aromatic heterocycles. The molecule has 4 rings (SSSR count). The maximum atomic E-state index is 12.1. The Labute approximate surface area is 146 Å². The fourth-order valence-corrected chi connectivity index (χ4v) is 5.09. The average molecular weight is 360 g/mol. The van der Waals surface area contributed by atoms with Gasteiger partial charge >= 0.3 is 6.03 Å². The summed E-state index contributed by atoms with van der Waals surface area (Å²) in [5.41, 5.74) is 0.639. The van der Waals surface area contributed by atoms with Gasteiger partial charge in [0.05, 0.1) is 23.2 Å². The van der Waals surface area contributed by atoms with Crippen LogP contribution in [-0.4, -0.2) is 20.2 Å². The lowest BCUT2D eigenvalue weighted by molar-refractivity contribution is 0.236. The zero-order valence-electron chi connectivity index (χ0n) is 13.9. The smallest absolute Gasteiger partial charge is 0.315 e. The van der Waals surface area contributed by atoms with Gasteiger partial charge in [0.2, 0.25) is 0 Å². The number of carbonyl (C=O) groups excluding carboxylic acids is 1. The van der Waals surface area contributed by atoms with Gasteiger partial charge in [0.15, 0.2) is 9.84 Å². The van der Waals surface area contributed by atoms with Gasteiger partial charge in [-0.1, -0.05) is 25.1 Å². The van der Waals surface area contributed by atoms with Gasteiger partial charge in [0, 0.05) is 5.92 Å². The summed E-state index contributed by atoms with van der Waals surface area (Å²) in [7, 11) is -3.33. The number of amides is 2. The van der Waals surface area contributed by atoms with E-state index >= 15 is 0 Å². The normalized spacial score (nSPS) is 26.0. The number of hydrogen-bond donors (Lipinski definition) is 2. The molecule has 6 nitrogen and oxygen atoms in total. The number of furan rings is 1. The van der Waals surface area contributed by atoms with Crippen molar-refractivity contribution in [2.45, 2.75) is 36.7 Å². The minimum Gasteiger partial charge on any atom is -0.464 e. The van der Waals surface area contributed by atoms with Gasteiger partial charge in [-0.15, -0.1) is 0 Å². The fraction of sp³-hybridized carbons (Fsp3) is 0.389. The molecule has 1 aliphatic carbocycles. The van der Waals surface area contributed by atoms with Crippen molar-refractivity contribution < 1.29 is 17.6 Å².